The third kappa shape index (κ3) is 2.72. The summed E-state index contributed by atoms with van der Waals surface area (Å²) in [5.74, 6) is 3.53. The Morgan fingerprint density at radius 1 is 1.26 bits per heavy atom. The number of aromatic nitrogens is 4. The lowest BCUT2D eigenvalue weighted by molar-refractivity contribution is 0.118. The van der Waals surface area contributed by atoms with E-state index >= 15 is 0 Å². The van der Waals surface area contributed by atoms with E-state index in [0.717, 1.165) is 41.8 Å². The van der Waals surface area contributed by atoms with Gasteiger partial charge in [-0.15, -0.1) is 0 Å². The van der Waals surface area contributed by atoms with Crippen LogP contribution in [0.25, 0.3) is 0 Å². The molecule has 1 N–H and O–H groups in total. The van der Waals surface area contributed by atoms with Gasteiger partial charge in [-0.3, -0.25) is 0 Å². The first-order valence-corrected chi connectivity index (χ1v) is 8.31. The van der Waals surface area contributed by atoms with E-state index in [4.69, 9.17) is 14.7 Å². The van der Waals surface area contributed by atoms with Crippen molar-refractivity contribution in [2.45, 2.75) is 51.2 Å². The number of ether oxygens (including phenoxy) is 1. The highest BCUT2D eigenvalue weighted by molar-refractivity contribution is 5.43. The van der Waals surface area contributed by atoms with Crippen molar-refractivity contribution in [3.63, 3.8) is 0 Å². The molecule has 0 aromatic carbocycles. The molecule has 1 aliphatic heterocycles. The van der Waals surface area contributed by atoms with Crippen LogP contribution in [-0.2, 0) is 4.74 Å². The van der Waals surface area contributed by atoms with Gasteiger partial charge in [0.2, 0.25) is 0 Å². The summed E-state index contributed by atoms with van der Waals surface area (Å²) in [4.78, 5) is 19.7. The molecular weight excluding hydrogens is 290 g/mol. The Labute approximate surface area is 136 Å². The molecule has 0 bridgehead atoms. The van der Waals surface area contributed by atoms with Gasteiger partial charge in [0.05, 0.1) is 17.8 Å². The second-order valence-corrected chi connectivity index (χ2v) is 6.64. The minimum atomic E-state index is 0.175. The highest BCUT2D eigenvalue weighted by Gasteiger charge is 2.37. The van der Waals surface area contributed by atoms with E-state index in [1.54, 1.807) is 7.11 Å². The number of aromatic amines is 1. The molecule has 3 heterocycles. The largest absolute Gasteiger partial charge is 0.380 e. The van der Waals surface area contributed by atoms with E-state index < -0.39 is 0 Å². The van der Waals surface area contributed by atoms with Crippen molar-refractivity contribution in [3.05, 3.63) is 35.3 Å². The molecule has 0 radical (unpaired) electrons. The SMILES string of the molecule is CO[C@@H]1C[C@@H](c2nc(C)c(C)[nH]2)N(c2ccnc(C3CC3)n2)C1. The average Bonchev–Trinajstić information content (AvgIpc) is 3.24. The van der Waals surface area contributed by atoms with Crippen molar-refractivity contribution in [1.29, 1.82) is 0 Å². The Balaban J connectivity index is 1.67. The normalized spacial score (nSPS) is 24.4. The van der Waals surface area contributed by atoms with E-state index in [0.29, 0.717) is 5.92 Å². The summed E-state index contributed by atoms with van der Waals surface area (Å²) < 4.78 is 5.61. The van der Waals surface area contributed by atoms with E-state index in [9.17, 15) is 0 Å². The molecule has 0 unspecified atom stereocenters. The molecule has 2 atom stereocenters. The fraction of sp³-hybridized carbons (Fsp3) is 0.588. The second-order valence-electron chi connectivity index (χ2n) is 6.64. The molecule has 1 saturated heterocycles. The number of hydrogen-bond donors (Lipinski definition) is 1. The summed E-state index contributed by atoms with van der Waals surface area (Å²) in [6.45, 7) is 4.94. The van der Waals surface area contributed by atoms with Gasteiger partial charge in [-0.25, -0.2) is 15.0 Å². The number of nitrogens with one attached hydrogen (secondary N) is 1. The summed E-state index contributed by atoms with van der Waals surface area (Å²) in [7, 11) is 1.78. The molecule has 2 aliphatic rings. The highest BCUT2D eigenvalue weighted by Crippen LogP contribution is 2.40. The highest BCUT2D eigenvalue weighted by atomic mass is 16.5. The summed E-state index contributed by atoms with van der Waals surface area (Å²) in [6.07, 6.45) is 5.43. The van der Waals surface area contributed by atoms with Gasteiger partial charge in [0.15, 0.2) is 0 Å². The maximum absolute atomic E-state index is 5.61. The van der Waals surface area contributed by atoms with E-state index in [1.165, 1.54) is 12.8 Å². The molecule has 2 fully saturated rings. The predicted molar refractivity (Wildman–Crippen MR) is 87.6 cm³/mol. The van der Waals surface area contributed by atoms with Gasteiger partial charge in [0.25, 0.3) is 0 Å². The number of methoxy groups -OCH3 is 1. The number of H-pyrrole nitrogens is 1. The lowest BCUT2D eigenvalue weighted by Crippen LogP contribution is -2.26. The molecule has 0 amide bonds. The molecule has 6 nitrogen and oxygen atoms in total. The summed E-state index contributed by atoms with van der Waals surface area (Å²) in [5, 5.41) is 0. The smallest absolute Gasteiger partial charge is 0.133 e. The van der Waals surface area contributed by atoms with Crippen molar-refractivity contribution >= 4 is 5.82 Å². The maximum atomic E-state index is 5.61. The third-order valence-corrected chi connectivity index (χ3v) is 4.95. The fourth-order valence-electron chi connectivity index (χ4n) is 3.28. The van der Waals surface area contributed by atoms with Gasteiger partial charge in [-0.1, -0.05) is 0 Å². The lowest BCUT2D eigenvalue weighted by Gasteiger charge is -2.24. The minimum absolute atomic E-state index is 0.175. The summed E-state index contributed by atoms with van der Waals surface area (Å²) >= 11 is 0. The van der Waals surface area contributed by atoms with Gasteiger partial charge in [0, 0.05) is 37.9 Å². The van der Waals surface area contributed by atoms with E-state index in [-0.39, 0.29) is 12.1 Å². The van der Waals surface area contributed by atoms with Crippen molar-refractivity contribution in [2.75, 3.05) is 18.6 Å². The van der Waals surface area contributed by atoms with Crippen LogP contribution in [0.3, 0.4) is 0 Å². The van der Waals surface area contributed by atoms with Gasteiger partial charge in [-0.2, -0.15) is 0 Å². The molecule has 0 spiro atoms. The first-order chi connectivity index (χ1) is 11.2. The number of imidazole rings is 1. The van der Waals surface area contributed by atoms with Crippen LogP contribution in [0.15, 0.2) is 12.3 Å². The molecule has 2 aromatic rings. The zero-order valence-electron chi connectivity index (χ0n) is 13.9. The fourth-order valence-corrected chi connectivity index (χ4v) is 3.28. The van der Waals surface area contributed by atoms with Crippen LogP contribution < -0.4 is 4.90 Å². The van der Waals surface area contributed by atoms with Gasteiger partial charge in [0.1, 0.15) is 17.5 Å². The average molecular weight is 313 g/mol. The Hall–Kier alpha value is -1.95. The van der Waals surface area contributed by atoms with Crippen molar-refractivity contribution in [3.8, 4) is 0 Å². The molecule has 122 valence electrons. The second kappa shape index (κ2) is 5.60. The van der Waals surface area contributed by atoms with Crippen molar-refractivity contribution < 1.29 is 4.74 Å². The summed E-state index contributed by atoms with van der Waals surface area (Å²) in [6, 6.07) is 2.17. The Bertz CT molecular complexity index is 689. The van der Waals surface area contributed by atoms with Gasteiger partial charge < -0.3 is 14.6 Å². The molecule has 23 heavy (non-hydrogen) atoms. The standard InChI is InChI=1S/C17H23N5O/c1-10-11(2)20-17(19-10)14-8-13(23-3)9-22(14)15-6-7-18-16(21-15)12-4-5-12/h6-7,12-14H,4-5,8-9H2,1-3H3,(H,19,20)/t13-,14+/m1/s1. The first kappa shape index (κ1) is 14.6. The Morgan fingerprint density at radius 3 is 2.74 bits per heavy atom. The predicted octanol–water partition coefficient (Wildman–Crippen LogP) is 2.66. The van der Waals surface area contributed by atoms with Crippen LogP contribution in [0.1, 0.15) is 54.3 Å². The number of aryl methyl sites for hydroxylation is 2. The van der Waals surface area contributed by atoms with Gasteiger partial charge >= 0.3 is 0 Å². The monoisotopic (exact) mass is 313 g/mol. The number of anilines is 1. The topological polar surface area (TPSA) is 66.9 Å². The van der Waals surface area contributed by atoms with E-state index in [1.807, 2.05) is 19.2 Å². The molecule has 6 heteroatoms. The van der Waals surface area contributed by atoms with Crippen molar-refractivity contribution in [1.82, 2.24) is 19.9 Å². The summed E-state index contributed by atoms with van der Waals surface area (Å²) in [5.41, 5.74) is 2.18. The Morgan fingerprint density at radius 2 is 2.09 bits per heavy atom. The van der Waals surface area contributed by atoms with Crippen LogP contribution in [0.4, 0.5) is 5.82 Å². The Kier molecular flexibility index (Phi) is 3.56. The number of nitrogens with zero attached hydrogens (tertiary/aromatic N) is 4. The third-order valence-electron chi connectivity index (χ3n) is 4.95. The number of hydrogen-bond acceptors (Lipinski definition) is 5. The minimum Gasteiger partial charge on any atom is -0.380 e. The molecule has 4 rings (SSSR count). The zero-order valence-corrected chi connectivity index (χ0v) is 13.9. The molecular formula is C17H23N5O. The van der Waals surface area contributed by atoms with Crippen LogP contribution in [0.2, 0.25) is 0 Å². The van der Waals surface area contributed by atoms with E-state index in [2.05, 4.69) is 21.8 Å². The lowest BCUT2D eigenvalue weighted by atomic mass is 10.2. The quantitative estimate of drug-likeness (QED) is 0.940. The number of rotatable bonds is 4. The van der Waals surface area contributed by atoms with Crippen LogP contribution in [0.5, 0.6) is 0 Å². The van der Waals surface area contributed by atoms with Crippen LogP contribution >= 0.6 is 0 Å². The maximum Gasteiger partial charge on any atom is 0.133 e. The van der Waals surface area contributed by atoms with Crippen molar-refractivity contribution in [2.24, 2.45) is 0 Å². The molecule has 2 aromatic heterocycles. The molecule has 1 aliphatic carbocycles. The zero-order chi connectivity index (χ0) is 16.0. The van der Waals surface area contributed by atoms with Crippen LogP contribution in [-0.4, -0.2) is 39.7 Å². The molecule has 1 saturated carbocycles. The van der Waals surface area contributed by atoms with Crippen LogP contribution in [0, 0.1) is 13.8 Å². The van der Waals surface area contributed by atoms with Gasteiger partial charge in [-0.05, 0) is 32.8 Å². The first-order valence-electron chi connectivity index (χ1n) is 8.31.